The smallest absolute Gasteiger partial charge is 0.337 e. The lowest BCUT2D eigenvalue weighted by molar-refractivity contribution is 0.0698. The molecule has 0 aliphatic rings. The topological polar surface area (TPSA) is 122 Å². The Morgan fingerprint density at radius 2 is 1.88 bits per heavy atom. The van der Waals surface area contributed by atoms with Crippen molar-refractivity contribution >= 4 is 22.7 Å². The van der Waals surface area contributed by atoms with Crippen molar-refractivity contribution in [2.75, 3.05) is 11.9 Å². The van der Waals surface area contributed by atoms with E-state index in [0.29, 0.717) is 29.2 Å². The van der Waals surface area contributed by atoms with Crippen LogP contribution in [0.4, 0.5) is 5.69 Å². The number of hydrogen-bond acceptors (Lipinski definition) is 6. The number of fused-ring (bicyclic) bond motifs is 1. The quantitative estimate of drug-likeness (QED) is 0.360. The summed E-state index contributed by atoms with van der Waals surface area (Å²) in [6, 6.07) is 19.0. The molecule has 2 aromatic heterocycles. The molecule has 0 amide bonds. The number of benzene rings is 3. The molecule has 0 bridgehead atoms. The number of hydrogen-bond donors (Lipinski definition) is 3. The average molecular weight is 439 g/mol. The van der Waals surface area contributed by atoms with E-state index in [9.17, 15) is 9.90 Å². The molecule has 0 saturated heterocycles. The van der Waals surface area contributed by atoms with E-state index in [1.165, 1.54) is 0 Å². The zero-order valence-corrected chi connectivity index (χ0v) is 18.1. The number of nitrogens with one attached hydrogen (secondary N) is 2. The predicted molar refractivity (Wildman–Crippen MR) is 126 cm³/mol. The highest BCUT2D eigenvalue weighted by Gasteiger charge is 2.19. The van der Waals surface area contributed by atoms with Crippen molar-refractivity contribution in [3.8, 4) is 28.2 Å². The summed E-state index contributed by atoms with van der Waals surface area (Å²) >= 11 is 0. The van der Waals surface area contributed by atoms with E-state index in [1.807, 2.05) is 66.9 Å². The second-order valence-corrected chi connectivity index (χ2v) is 7.53. The molecule has 9 nitrogen and oxygen atoms in total. The second-order valence-electron chi connectivity index (χ2n) is 7.53. The van der Waals surface area contributed by atoms with Crippen LogP contribution in [0.3, 0.4) is 0 Å². The first-order chi connectivity index (χ1) is 16.1. The largest absolute Gasteiger partial charge is 0.478 e. The summed E-state index contributed by atoms with van der Waals surface area (Å²) in [5.41, 5.74) is 5.99. The van der Waals surface area contributed by atoms with E-state index in [-0.39, 0.29) is 5.56 Å². The van der Waals surface area contributed by atoms with Gasteiger partial charge in [0.1, 0.15) is 5.82 Å². The Morgan fingerprint density at radius 1 is 1.06 bits per heavy atom. The lowest BCUT2D eigenvalue weighted by atomic mass is 9.97. The monoisotopic (exact) mass is 439 g/mol. The molecule has 2 heterocycles. The number of para-hydroxylation sites is 1. The van der Waals surface area contributed by atoms with Gasteiger partial charge < -0.3 is 10.4 Å². The van der Waals surface area contributed by atoms with E-state index in [2.05, 4.69) is 30.9 Å². The second kappa shape index (κ2) is 8.19. The maximum Gasteiger partial charge on any atom is 0.337 e. The summed E-state index contributed by atoms with van der Waals surface area (Å²) in [6.45, 7) is 4.62. The van der Waals surface area contributed by atoms with Gasteiger partial charge in [0.05, 0.1) is 16.6 Å². The van der Waals surface area contributed by atoms with Crippen LogP contribution in [0.2, 0.25) is 0 Å². The van der Waals surface area contributed by atoms with Crippen molar-refractivity contribution in [1.82, 2.24) is 30.2 Å². The molecule has 5 aromatic rings. The minimum Gasteiger partial charge on any atom is -0.478 e. The third-order valence-corrected chi connectivity index (χ3v) is 5.52. The molecule has 3 N–H and O–H groups in total. The standard InChI is InChI=1S/C24H21N7O2/c1-3-25-21-13-15(31-14(2)26-20-10-6-9-19(22(20)31)24(32)33)11-12-17(21)16-7-4-5-8-18(16)23-27-29-30-28-23/h4-13,25H,3H2,1-2H3,(H,32,33)(H,27,28,29,30). The van der Waals surface area contributed by atoms with E-state index >= 15 is 0 Å². The first-order valence-electron chi connectivity index (χ1n) is 10.5. The number of aromatic carboxylic acids is 1. The number of tetrazole rings is 1. The number of aromatic nitrogens is 6. The number of aromatic amines is 1. The first-order valence-corrected chi connectivity index (χ1v) is 10.5. The SMILES string of the molecule is CCNc1cc(-n2c(C)nc3cccc(C(=O)O)c32)ccc1-c1ccccc1-c1nnn[nH]1. The number of H-pyrrole nitrogens is 1. The molecule has 0 radical (unpaired) electrons. The van der Waals surface area contributed by atoms with E-state index in [4.69, 9.17) is 0 Å². The van der Waals surface area contributed by atoms with Gasteiger partial charge in [-0.2, -0.15) is 0 Å². The lowest BCUT2D eigenvalue weighted by Crippen LogP contribution is -2.05. The molecule has 0 unspecified atom stereocenters. The summed E-state index contributed by atoms with van der Waals surface area (Å²) in [5, 5.41) is 27.5. The maximum atomic E-state index is 11.9. The number of carbonyl (C=O) groups is 1. The number of anilines is 1. The molecular weight excluding hydrogens is 418 g/mol. The predicted octanol–water partition coefficient (Wildman–Crippen LogP) is 4.31. The number of nitrogens with zero attached hydrogens (tertiary/aromatic N) is 5. The molecule has 0 aliphatic carbocycles. The Morgan fingerprint density at radius 3 is 2.61 bits per heavy atom. The molecule has 3 aromatic carbocycles. The van der Waals surface area contributed by atoms with Gasteiger partial charge in [-0.05, 0) is 54.1 Å². The third-order valence-electron chi connectivity index (χ3n) is 5.52. The average Bonchev–Trinajstić information content (AvgIpc) is 3.46. The van der Waals surface area contributed by atoms with Crippen molar-refractivity contribution in [3.05, 3.63) is 72.1 Å². The van der Waals surface area contributed by atoms with E-state index < -0.39 is 5.97 Å². The Balaban J connectivity index is 1.72. The summed E-state index contributed by atoms with van der Waals surface area (Å²) < 4.78 is 1.88. The van der Waals surface area contributed by atoms with Gasteiger partial charge in [-0.25, -0.2) is 14.9 Å². The highest BCUT2D eigenvalue weighted by atomic mass is 16.4. The third kappa shape index (κ3) is 3.49. The van der Waals surface area contributed by atoms with Gasteiger partial charge in [0.25, 0.3) is 0 Å². The first kappa shape index (κ1) is 20.4. The molecule has 0 fully saturated rings. The molecule has 0 spiro atoms. The summed E-state index contributed by atoms with van der Waals surface area (Å²) in [6.07, 6.45) is 0. The number of carboxylic acid groups (broad SMARTS) is 1. The van der Waals surface area contributed by atoms with Crippen molar-refractivity contribution in [2.24, 2.45) is 0 Å². The number of imidazole rings is 1. The zero-order valence-electron chi connectivity index (χ0n) is 18.1. The van der Waals surface area contributed by atoms with E-state index in [0.717, 1.165) is 28.1 Å². The Labute approximate surface area is 189 Å². The highest BCUT2D eigenvalue weighted by Crippen LogP contribution is 2.37. The molecular formula is C24H21N7O2. The van der Waals surface area contributed by atoms with Crippen LogP contribution in [0.25, 0.3) is 39.2 Å². The minimum absolute atomic E-state index is 0.213. The molecule has 9 heteroatoms. The van der Waals surface area contributed by atoms with Gasteiger partial charge in [0.15, 0.2) is 5.82 Å². The van der Waals surface area contributed by atoms with Gasteiger partial charge in [-0.3, -0.25) is 4.57 Å². The summed E-state index contributed by atoms with van der Waals surface area (Å²) in [4.78, 5) is 16.5. The molecule has 0 aliphatic heterocycles. The Bertz CT molecular complexity index is 1470. The number of rotatable bonds is 6. The Kier molecular flexibility index (Phi) is 5.06. The van der Waals surface area contributed by atoms with Crippen LogP contribution in [-0.4, -0.2) is 47.8 Å². The minimum atomic E-state index is -0.986. The fourth-order valence-corrected chi connectivity index (χ4v) is 4.17. The summed E-state index contributed by atoms with van der Waals surface area (Å²) in [5.74, 6) is 0.307. The van der Waals surface area contributed by atoms with Gasteiger partial charge in [0.2, 0.25) is 0 Å². The van der Waals surface area contributed by atoms with E-state index in [1.54, 1.807) is 12.1 Å². The molecule has 5 rings (SSSR count). The van der Waals surface area contributed by atoms with Gasteiger partial charge in [0, 0.05) is 29.0 Å². The summed E-state index contributed by atoms with van der Waals surface area (Å²) in [7, 11) is 0. The van der Waals surface area contributed by atoms with Gasteiger partial charge in [-0.15, -0.1) is 5.10 Å². The highest BCUT2D eigenvalue weighted by molar-refractivity contribution is 6.02. The molecule has 0 atom stereocenters. The van der Waals surface area contributed by atoms with Crippen molar-refractivity contribution < 1.29 is 9.90 Å². The van der Waals surface area contributed by atoms with Crippen LogP contribution in [-0.2, 0) is 0 Å². The number of carboxylic acids is 1. The van der Waals surface area contributed by atoms with Crippen molar-refractivity contribution in [3.63, 3.8) is 0 Å². The van der Waals surface area contributed by atoms with Gasteiger partial charge in [-0.1, -0.05) is 36.4 Å². The van der Waals surface area contributed by atoms with Crippen LogP contribution in [0, 0.1) is 6.92 Å². The molecule has 33 heavy (non-hydrogen) atoms. The van der Waals surface area contributed by atoms with Crippen LogP contribution >= 0.6 is 0 Å². The van der Waals surface area contributed by atoms with Crippen molar-refractivity contribution in [2.45, 2.75) is 13.8 Å². The normalized spacial score (nSPS) is 11.1. The van der Waals surface area contributed by atoms with Crippen LogP contribution in [0.1, 0.15) is 23.1 Å². The zero-order chi connectivity index (χ0) is 22.9. The van der Waals surface area contributed by atoms with Crippen molar-refractivity contribution in [1.29, 1.82) is 0 Å². The molecule has 0 saturated carbocycles. The van der Waals surface area contributed by atoms with Crippen LogP contribution < -0.4 is 5.32 Å². The number of aryl methyl sites for hydroxylation is 1. The fourth-order valence-electron chi connectivity index (χ4n) is 4.17. The van der Waals surface area contributed by atoms with Crippen LogP contribution in [0.5, 0.6) is 0 Å². The Hall–Kier alpha value is -4.53. The molecule has 164 valence electrons. The fraction of sp³-hybridized carbons (Fsp3) is 0.125. The lowest BCUT2D eigenvalue weighted by Gasteiger charge is -2.17. The van der Waals surface area contributed by atoms with Gasteiger partial charge >= 0.3 is 5.97 Å². The maximum absolute atomic E-state index is 11.9. The van der Waals surface area contributed by atoms with Crippen LogP contribution in [0.15, 0.2) is 60.7 Å².